The van der Waals surface area contributed by atoms with Crippen LogP contribution in [0.2, 0.25) is 0 Å². The van der Waals surface area contributed by atoms with Gasteiger partial charge in [-0.25, -0.2) is 9.37 Å². The lowest BCUT2D eigenvalue weighted by atomic mass is 10.1. The zero-order chi connectivity index (χ0) is 13.2. The van der Waals surface area contributed by atoms with Gasteiger partial charge in [0.05, 0.1) is 10.9 Å². The van der Waals surface area contributed by atoms with Crippen molar-refractivity contribution in [2.24, 2.45) is 0 Å². The van der Waals surface area contributed by atoms with Gasteiger partial charge in [-0.3, -0.25) is 4.79 Å². The zero-order valence-electron chi connectivity index (χ0n) is 10.1. The first-order valence-corrected chi connectivity index (χ1v) is 5.95. The molecular formula is C15H11FN2O. The molecule has 0 bridgehead atoms. The first kappa shape index (κ1) is 11.6. The highest BCUT2D eigenvalue weighted by molar-refractivity contribution is 5.77. The van der Waals surface area contributed by atoms with Gasteiger partial charge in [-0.1, -0.05) is 24.3 Å². The van der Waals surface area contributed by atoms with Crippen LogP contribution in [0.25, 0.3) is 10.9 Å². The van der Waals surface area contributed by atoms with Crippen molar-refractivity contribution < 1.29 is 4.39 Å². The van der Waals surface area contributed by atoms with Crippen LogP contribution in [-0.2, 0) is 6.42 Å². The van der Waals surface area contributed by atoms with Gasteiger partial charge in [-0.15, -0.1) is 0 Å². The molecule has 0 radical (unpaired) electrons. The van der Waals surface area contributed by atoms with Crippen LogP contribution in [0.1, 0.15) is 11.4 Å². The van der Waals surface area contributed by atoms with Gasteiger partial charge in [-0.2, -0.15) is 0 Å². The number of aromatic amines is 1. The fourth-order valence-electron chi connectivity index (χ4n) is 2.01. The summed E-state index contributed by atoms with van der Waals surface area (Å²) in [5, 5.41) is 0.574. The number of nitrogens with zero attached hydrogens (tertiary/aromatic N) is 1. The smallest absolute Gasteiger partial charge is 0.258 e. The van der Waals surface area contributed by atoms with E-state index >= 15 is 0 Å². The summed E-state index contributed by atoms with van der Waals surface area (Å²) in [4.78, 5) is 19.0. The number of hydrogen-bond donors (Lipinski definition) is 1. The van der Waals surface area contributed by atoms with E-state index < -0.39 is 0 Å². The molecule has 0 atom stereocenters. The number of aromatic nitrogens is 2. The van der Waals surface area contributed by atoms with Gasteiger partial charge in [0, 0.05) is 6.42 Å². The molecule has 1 heterocycles. The molecule has 2 aromatic carbocycles. The first-order valence-electron chi connectivity index (χ1n) is 5.95. The van der Waals surface area contributed by atoms with E-state index in [1.165, 1.54) is 12.1 Å². The molecule has 0 saturated heterocycles. The third-order valence-electron chi connectivity index (χ3n) is 2.95. The van der Waals surface area contributed by atoms with Gasteiger partial charge < -0.3 is 4.98 Å². The highest BCUT2D eigenvalue weighted by Gasteiger charge is 2.04. The van der Waals surface area contributed by atoms with Crippen molar-refractivity contribution in [1.82, 2.24) is 9.97 Å². The summed E-state index contributed by atoms with van der Waals surface area (Å²) in [6, 6.07) is 13.4. The van der Waals surface area contributed by atoms with Crippen LogP contribution in [0.15, 0.2) is 53.3 Å². The zero-order valence-corrected chi connectivity index (χ0v) is 10.1. The van der Waals surface area contributed by atoms with Crippen molar-refractivity contribution >= 4 is 10.9 Å². The van der Waals surface area contributed by atoms with Gasteiger partial charge in [-0.05, 0) is 29.8 Å². The van der Waals surface area contributed by atoms with Crippen molar-refractivity contribution in [3.8, 4) is 0 Å². The van der Waals surface area contributed by atoms with E-state index in [0.717, 1.165) is 5.56 Å². The largest absolute Gasteiger partial charge is 0.310 e. The molecule has 0 spiro atoms. The monoisotopic (exact) mass is 254 g/mol. The maximum Gasteiger partial charge on any atom is 0.258 e. The molecule has 3 rings (SSSR count). The highest BCUT2D eigenvalue weighted by atomic mass is 19.1. The van der Waals surface area contributed by atoms with E-state index in [9.17, 15) is 9.18 Å². The molecule has 4 heteroatoms. The molecular weight excluding hydrogens is 243 g/mol. The number of benzene rings is 2. The molecule has 3 aromatic rings. The van der Waals surface area contributed by atoms with Gasteiger partial charge in [0.2, 0.25) is 0 Å². The number of halogens is 1. The summed E-state index contributed by atoms with van der Waals surface area (Å²) in [5.74, 6) is 0.305. The molecule has 0 unspecified atom stereocenters. The van der Waals surface area contributed by atoms with E-state index in [-0.39, 0.29) is 11.4 Å². The molecule has 94 valence electrons. The first-order chi connectivity index (χ1) is 9.22. The Morgan fingerprint density at radius 2 is 1.79 bits per heavy atom. The molecule has 0 amide bonds. The number of rotatable bonds is 2. The van der Waals surface area contributed by atoms with Gasteiger partial charge >= 0.3 is 0 Å². The summed E-state index contributed by atoms with van der Waals surface area (Å²) < 4.78 is 12.8. The quantitative estimate of drug-likeness (QED) is 0.764. The van der Waals surface area contributed by atoms with Crippen molar-refractivity contribution in [3.05, 3.63) is 76.1 Å². The SMILES string of the molecule is O=c1[nH]c(Cc2ccc(F)cc2)nc2ccccc12. The number of fused-ring (bicyclic) bond motifs is 1. The normalized spacial score (nSPS) is 10.8. The van der Waals surface area contributed by atoms with Crippen LogP contribution in [-0.4, -0.2) is 9.97 Å². The van der Waals surface area contributed by atoms with Crippen molar-refractivity contribution in [2.45, 2.75) is 6.42 Å². The van der Waals surface area contributed by atoms with Crippen LogP contribution in [0, 0.1) is 5.82 Å². The maximum absolute atomic E-state index is 12.8. The third-order valence-corrected chi connectivity index (χ3v) is 2.95. The van der Waals surface area contributed by atoms with Gasteiger partial charge in [0.15, 0.2) is 0 Å². The fourth-order valence-corrected chi connectivity index (χ4v) is 2.01. The Kier molecular flexibility index (Phi) is 2.83. The lowest BCUT2D eigenvalue weighted by molar-refractivity contribution is 0.627. The molecule has 19 heavy (non-hydrogen) atoms. The van der Waals surface area contributed by atoms with E-state index in [1.54, 1.807) is 30.3 Å². The second kappa shape index (κ2) is 4.65. The Morgan fingerprint density at radius 3 is 2.58 bits per heavy atom. The van der Waals surface area contributed by atoms with E-state index in [1.807, 2.05) is 6.07 Å². The van der Waals surface area contributed by atoms with E-state index in [0.29, 0.717) is 23.1 Å². The Balaban J connectivity index is 2.01. The lowest BCUT2D eigenvalue weighted by Gasteiger charge is -2.03. The summed E-state index contributed by atoms with van der Waals surface area (Å²) in [6.07, 6.45) is 0.473. The standard InChI is InChI=1S/C15H11FN2O/c16-11-7-5-10(6-8-11)9-14-17-13-4-2-1-3-12(13)15(19)18-14/h1-8H,9H2,(H,17,18,19). The average Bonchev–Trinajstić information content (AvgIpc) is 2.42. The predicted molar refractivity (Wildman–Crippen MR) is 71.6 cm³/mol. The van der Waals surface area contributed by atoms with Crippen LogP contribution in [0.5, 0.6) is 0 Å². The molecule has 0 aliphatic carbocycles. The minimum absolute atomic E-state index is 0.150. The topological polar surface area (TPSA) is 45.8 Å². The van der Waals surface area contributed by atoms with Crippen LogP contribution in [0.3, 0.4) is 0 Å². The summed E-state index contributed by atoms with van der Waals surface area (Å²) >= 11 is 0. The fraction of sp³-hybridized carbons (Fsp3) is 0.0667. The van der Waals surface area contributed by atoms with Crippen LogP contribution in [0.4, 0.5) is 4.39 Å². The van der Waals surface area contributed by atoms with Crippen molar-refractivity contribution in [1.29, 1.82) is 0 Å². The highest BCUT2D eigenvalue weighted by Crippen LogP contribution is 2.10. The lowest BCUT2D eigenvalue weighted by Crippen LogP contribution is -2.12. The maximum atomic E-state index is 12.8. The molecule has 0 fully saturated rings. The number of para-hydroxylation sites is 1. The number of H-pyrrole nitrogens is 1. The second-order valence-corrected chi connectivity index (χ2v) is 4.33. The Hall–Kier alpha value is -2.49. The second-order valence-electron chi connectivity index (χ2n) is 4.33. The Morgan fingerprint density at radius 1 is 1.05 bits per heavy atom. The number of nitrogens with one attached hydrogen (secondary N) is 1. The van der Waals surface area contributed by atoms with Crippen LogP contribution < -0.4 is 5.56 Å². The third kappa shape index (κ3) is 2.38. The summed E-state index contributed by atoms with van der Waals surface area (Å²) in [7, 11) is 0. The number of hydrogen-bond acceptors (Lipinski definition) is 2. The van der Waals surface area contributed by atoms with Crippen molar-refractivity contribution in [3.63, 3.8) is 0 Å². The molecule has 0 aliphatic heterocycles. The molecule has 3 nitrogen and oxygen atoms in total. The summed E-state index contributed by atoms with van der Waals surface area (Å²) in [5.41, 5.74) is 1.42. The van der Waals surface area contributed by atoms with Crippen LogP contribution >= 0.6 is 0 Å². The van der Waals surface area contributed by atoms with Gasteiger partial charge in [0.25, 0.3) is 5.56 Å². The molecule has 0 saturated carbocycles. The molecule has 0 aliphatic rings. The minimum Gasteiger partial charge on any atom is -0.310 e. The van der Waals surface area contributed by atoms with Gasteiger partial charge in [0.1, 0.15) is 11.6 Å². The summed E-state index contributed by atoms with van der Waals surface area (Å²) in [6.45, 7) is 0. The average molecular weight is 254 g/mol. The minimum atomic E-state index is -0.274. The Labute approximate surface area is 108 Å². The molecule has 1 aromatic heterocycles. The molecule has 1 N–H and O–H groups in total. The van der Waals surface area contributed by atoms with Crippen molar-refractivity contribution in [2.75, 3.05) is 0 Å². The van der Waals surface area contributed by atoms with E-state index in [4.69, 9.17) is 0 Å². The predicted octanol–water partition coefficient (Wildman–Crippen LogP) is 2.65. The Bertz CT molecular complexity index is 778. The van der Waals surface area contributed by atoms with E-state index in [2.05, 4.69) is 9.97 Å².